The number of aromatic nitrogens is 3. The molecule has 27 heavy (non-hydrogen) atoms. The van der Waals surface area contributed by atoms with Gasteiger partial charge in [0.25, 0.3) is 0 Å². The van der Waals surface area contributed by atoms with Gasteiger partial charge in [0.2, 0.25) is 0 Å². The van der Waals surface area contributed by atoms with E-state index < -0.39 is 0 Å². The molecule has 2 aromatic heterocycles. The van der Waals surface area contributed by atoms with E-state index in [9.17, 15) is 0 Å². The molecule has 0 atom stereocenters. The molecule has 0 spiro atoms. The fraction of sp³-hybridized carbons (Fsp3) is 0.350. The highest BCUT2D eigenvalue weighted by Gasteiger charge is 2.25. The molecule has 2 aliphatic rings. The largest absolute Gasteiger partial charge is 0.390 e. The van der Waals surface area contributed by atoms with Gasteiger partial charge in [0, 0.05) is 48.7 Å². The van der Waals surface area contributed by atoms with Crippen molar-refractivity contribution in [2.45, 2.75) is 38.8 Å². The molecule has 0 saturated heterocycles. The minimum Gasteiger partial charge on any atom is -0.390 e. The van der Waals surface area contributed by atoms with E-state index in [1.54, 1.807) is 6.08 Å². The lowest BCUT2D eigenvalue weighted by Gasteiger charge is -2.31. The summed E-state index contributed by atoms with van der Waals surface area (Å²) in [6.07, 6.45) is 10.8. The maximum atomic E-state index is 8.85. The lowest BCUT2D eigenvalue weighted by molar-refractivity contribution is 0.313. The van der Waals surface area contributed by atoms with Gasteiger partial charge >= 0.3 is 0 Å². The van der Waals surface area contributed by atoms with Gasteiger partial charge in [-0.05, 0) is 43.0 Å². The summed E-state index contributed by atoms with van der Waals surface area (Å²) in [6, 6.07) is 4.68. The Kier molecular flexibility index (Phi) is 4.32. The Bertz CT molecular complexity index is 972. The summed E-state index contributed by atoms with van der Waals surface area (Å²) in [4.78, 5) is 6.78. The Labute approximate surface area is 158 Å². The van der Waals surface area contributed by atoms with Crippen molar-refractivity contribution in [1.29, 1.82) is 5.26 Å². The highest BCUT2D eigenvalue weighted by atomic mass is 15.3. The quantitative estimate of drug-likeness (QED) is 0.638. The first-order chi connectivity index (χ1) is 13.0. The molecule has 1 aliphatic carbocycles. The Balaban J connectivity index is 1.58. The zero-order chi connectivity index (χ0) is 19.0. The Morgan fingerprint density at radius 2 is 2.11 bits per heavy atom. The van der Waals surface area contributed by atoms with E-state index in [0.29, 0.717) is 18.4 Å². The average Bonchev–Trinajstić information content (AvgIpc) is 3.43. The Morgan fingerprint density at radius 1 is 1.30 bits per heavy atom. The van der Waals surface area contributed by atoms with Gasteiger partial charge in [-0.25, -0.2) is 0 Å². The molecule has 0 unspecified atom stereocenters. The van der Waals surface area contributed by atoms with Crippen LogP contribution in [0.1, 0.15) is 37.1 Å². The van der Waals surface area contributed by atoms with Crippen LogP contribution in [0.3, 0.4) is 0 Å². The van der Waals surface area contributed by atoms with Crippen LogP contribution in [0.2, 0.25) is 0 Å². The molecule has 1 aliphatic heterocycles. The van der Waals surface area contributed by atoms with Crippen LogP contribution in [0.4, 0.5) is 0 Å². The molecule has 0 aromatic carbocycles. The molecule has 4 rings (SSSR count). The van der Waals surface area contributed by atoms with Crippen molar-refractivity contribution in [3.05, 3.63) is 59.1 Å². The zero-order valence-corrected chi connectivity index (χ0v) is 15.4. The van der Waals surface area contributed by atoms with Crippen LogP contribution in [0.25, 0.3) is 11.1 Å². The van der Waals surface area contributed by atoms with Crippen LogP contribution in [0.15, 0.2) is 47.8 Å². The number of hydrogen-bond donors (Lipinski definition) is 2. The van der Waals surface area contributed by atoms with E-state index in [0.717, 1.165) is 35.4 Å². The SMILES string of the molecule is CC(/C=C(\N)C#N)=C(/N)N1CCc2ncc(-c3cnn(C4CC4)c3)cc2C1. The van der Waals surface area contributed by atoms with Crippen LogP contribution >= 0.6 is 0 Å². The zero-order valence-electron chi connectivity index (χ0n) is 15.4. The molecular formula is C20H23N7. The monoisotopic (exact) mass is 361 g/mol. The van der Waals surface area contributed by atoms with Gasteiger partial charge in [0.1, 0.15) is 17.6 Å². The van der Waals surface area contributed by atoms with Crippen LogP contribution in [0, 0.1) is 11.3 Å². The van der Waals surface area contributed by atoms with Crippen molar-refractivity contribution in [3.8, 4) is 17.2 Å². The van der Waals surface area contributed by atoms with Crippen LogP contribution in [-0.4, -0.2) is 26.2 Å². The van der Waals surface area contributed by atoms with E-state index in [2.05, 4.69) is 31.9 Å². The third kappa shape index (κ3) is 3.51. The summed E-state index contributed by atoms with van der Waals surface area (Å²) >= 11 is 0. The predicted octanol–water partition coefficient (Wildman–Crippen LogP) is 2.19. The first kappa shape index (κ1) is 17.2. The molecule has 1 saturated carbocycles. The van der Waals surface area contributed by atoms with E-state index in [1.807, 2.05) is 25.4 Å². The summed E-state index contributed by atoms with van der Waals surface area (Å²) in [5, 5.41) is 13.3. The predicted molar refractivity (Wildman–Crippen MR) is 103 cm³/mol. The summed E-state index contributed by atoms with van der Waals surface area (Å²) in [7, 11) is 0. The van der Waals surface area contributed by atoms with E-state index in [4.69, 9.17) is 16.7 Å². The minimum absolute atomic E-state index is 0.157. The molecule has 0 radical (unpaired) electrons. The maximum Gasteiger partial charge on any atom is 0.117 e. The van der Waals surface area contributed by atoms with Crippen molar-refractivity contribution in [2.75, 3.05) is 6.54 Å². The fourth-order valence-electron chi connectivity index (χ4n) is 3.40. The number of hydrogen-bond acceptors (Lipinski definition) is 6. The Hall–Kier alpha value is -3.27. The topological polar surface area (TPSA) is 110 Å². The third-order valence-electron chi connectivity index (χ3n) is 5.14. The molecule has 7 heteroatoms. The van der Waals surface area contributed by atoms with Crippen LogP contribution in [-0.2, 0) is 13.0 Å². The normalized spacial score (nSPS) is 17.9. The number of nitrogens with two attached hydrogens (primary N) is 2. The smallest absolute Gasteiger partial charge is 0.117 e. The van der Waals surface area contributed by atoms with Crippen molar-refractivity contribution < 1.29 is 0 Å². The lowest BCUT2D eigenvalue weighted by Crippen LogP contribution is -2.34. The molecule has 4 N–H and O–H groups in total. The molecule has 2 aromatic rings. The van der Waals surface area contributed by atoms with Gasteiger partial charge in [-0.3, -0.25) is 9.67 Å². The summed E-state index contributed by atoms with van der Waals surface area (Å²) in [5.41, 5.74) is 17.3. The van der Waals surface area contributed by atoms with E-state index in [1.165, 1.54) is 18.4 Å². The molecule has 1 fully saturated rings. The molecule has 7 nitrogen and oxygen atoms in total. The molecular weight excluding hydrogens is 338 g/mol. The van der Waals surface area contributed by atoms with Crippen LogP contribution < -0.4 is 11.5 Å². The standard InChI is InChI=1S/C20H23N7/c1-13(6-17(22)8-21)20(23)26-5-4-19-15(11-26)7-14(9-24-19)16-10-25-27(12-16)18-2-3-18/h6-7,9-10,12,18H,2-5,11,22-23H2,1H3/b17-6-,20-13+. The van der Waals surface area contributed by atoms with Gasteiger partial charge in [-0.2, -0.15) is 10.4 Å². The third-order valence-corrected chi connectivity index (χ3v) is 5.14. The van der Waals surface area contributed by atoms with Crippen molar-refractivity contribution in [2.24, 2.45) is 11.5 Å². The summed E-state index contributed by atoms with van der Waals surface area (Å²) < 4.78 is 2.05. The van der Waals surface area contributed by atoms with Gasteiger partial charge in [0.15, 0.2) is 0 Å². The van der Waals surface area contributed by atoms with Crippen molar-refractivity contribution in [1.82, 2.24) is 19.7 Å². The molecule has 3 heterocycles. The summed E-state index contributed by atoms with van der Waals surface area (Å²) in [5.74, 6) is 0.644. The van der Waals surface area contributed by atoms with Crippen molar-refractivity contribution in [3.63, 3.8) is 0 Å². The molecule has 0 bridgehead atoms. The van der Waals surface area contributed by atoms with Gasteiger partial charge in [-0.15, -0.1) is 0 Å². The minimum atomic E-state index is 0.157. The first-order valence-corrected chi connectivity index (χ1v) is 9.16. The number of nitrogens with zero attached hydrogens (tertiary/aromatic N) is 5. The second-order valence-electron chi connectivity index (χ2n) is 7.22. The number of pyridine rings is 1. The van der Waals surface area contributed by atoms with Gasteiger partial charge in [0.05, 0.1) is 12.2 Å². The Morgan fingerprint density at radius 3 is 2.85 bits per heavy atom. The maximum absolute atomic E-state index is 8.85. The number of allylic oxidation sites excluding steroid dienone is 3. The van der Waals surface area contributed by atoms with E-state index >= 15 is 0 Å². The first-order valence-electron chi connectivity index (χ1n) is 9.16. The van der Waals surface area contributed by atoms with E-state index in [-0.39, 0.29) is 5.70 Å². The fourth-order valence-corrected chi connectivity index (χ4v) is 3.40. The number of rotatable bonds is 4. The summed E-state index contributed by atoms with van der Waals surface area (Å²) in [6.45, 7) is 3.36. The van der Waals surface area contributed by atoms with Crippen molar-refractivity contribution >= 4 is 0 Å². The lowest BCUT2D eigenvalue weighted by atomic mass is 10.0. The average molecular weight is 361 g/mol. The molecule has 0 amide bonds. The van der Waals surface area contributed by atoms with Gasteiger partial charge < -0.3 is 16.4 Å². The van der Waals surface area contributed by atoms with Crippen LogP contribution in [0.5, 0.6) is 0 Å². The highest BCUT2D eigenvalue weighted by Crippen LogP contribution is 2.35. The highest BCUT2D eigenvalue weighted by molar-refractivity contribution is 5.62. The number of fused-ring (bicyclic) bond motifs is 1. The number of nitriles is 1. The second-order valence-corrected chi connectivity index (χ2v) is 7.22. The van der Waals surface area contributed by atoms with Gasteiger partial charge in [-0.1, -0.05) is 0 Å². The second kappa shape index (κ2) is 6.80. The molecule has 138 valence electrons.